The standard InChI is InChI=1S/C13H14N2O4.C8H9NO3.2C7H7NO3.Li.H2O/c1-15-6-2-3-9(13(15)19)12(18)14-10-5-4-8(16)7-11(10)17;1-9-5-3-4-6(7(9)10)8(11)12-2;1-11-7(10)5-3-2-4-8-6(5)9;1-8-4-2-3-5(6(8)9)7(10)11;;/h2-3,6,10H,4-5,7H2,1H3,(H,14,18);3-5H,1-2H3;2-4H,1H3,(H,8,9);2-4H,1H3,(H,10,11);;1H2/q;;;;+1;/p-1. The minimum Gasteiger partial charge on any atom is -0.870 e. The van der Waals surface area contributed by atoms with Crippen LogP contribution in [0.2, 0.25) is 0 Å². The van der Waals surface area contributed by atoms with E-state index in [0.717, 1.165) is 0 Å². The predicted octanol–water partition coefficient (Wildman–Crippen LogP) is -2.95. The van der Waals surface area contributed by atoms with Crippen LogP contribution in [0.15, 0.2) is 92.5 Å². The first-order valence-corrected chi connectivity index (χ1v) is 15.4. The molecule has 4 aromatic rings. The maximum Gasteiger partial charge on any atom is 1.00 e. The van der Waals surface area contributed by atoms with E-state index in [-0.39, 0.29) is 76.6 Å². The number of nitrogens with one attached hydrogen (secondary N) is 2. The second kappa shape index (κ2) is 23.3. The van der Waals surface area contributed by atoms with Gasteiger partial charge in [-0.15, -0.1) is 0 Å². The van der Waals surface area contributed by atoms with Gasteiger partial charge in [0.25, 0.3) is 28.1 Å². The number of aromatic amines is 1. The van der Waals surface area contributed by atoms with E-state index in [4.69, 9.17) is 5.11 Å². The SMILES string of the molecule is COC(=O)c1ccc[nH]c1=O.COC(=O)c1cccn(C)c1=O.Cn1cccc(C(=O)NC2CCC(=O)CC2=O)c1=O.Cn1cccc(C(=O)O)c1=O.[Li+].[OH-]. The van der Waals surface area contributed by atoms with Crippen LogP contribution in [0, 0.1) is 0 Å². The van der Waals surface area contributed by atoms with E-state index in [2.05, 4.69) is 19.8 Å². The summed E-state index contributed by atoms with van der Waals surface area (Å²) < 4.78 is 12.6. The molecule has 4 heterocycles. The van der Waals surface area contributed by atoms with Crippen molar-refractivity contribution in [3.63, 3.8) is 0 Å². The minimum atomic E-state index is -1.19. The summed E-state index contributed by atoms with van der Waals surface area (Å²) in [7, 11) is 7.11. The van der Waals surface area contributed by atoms with Gasteiger partial charge >= 0.3 is 36.8 Å². The molecule has 19 nitrogen and oxygen atoms in total. The van der Waals surface area contributed by atoms with E-state index in [0.29, 0.717) is 6.42 Å². The molecule has 55 heavy (non-hydrogen) atoms. The molecule has 0 aliphatic heterocycles. The Balaban J connectivity index is 0.000000721. The summed E-state index contributed by atoms with van der Waals surface area (Å²) >= 11 is 0. The molecule has 5 rings (SSSR count). The number of hydrogen-bond donors (Lipinski definition) is 3. The molecule has 1 unspecified atom stereocenters. The van der Waals surface area contributed by atoms with Gasteiger partial charge in [0.2, 0.25) is 0 Å². The molecule has 0 spiro atoms. The number of rotatable bonds is 5. The van der Waals surface area contributed by atoms with Crippen LogP contribution in [0.3, 0.4) is 0 Å². The number of aromatic carboxylic acids is 1. The van der Waals surface area contributed by atoms with Crippen molar-refractivity contribution in [2.75, 3.05) is 14.2 Å². The fourth-order valence-electron chi connectivity index (χ4n) is 4.35. The van der Waals surface area contributed by atoms with Gasteiger partial charge in [-0.3, -0.25) is 33.6 Å². The fraction of sp³-hybridized carbons (Fsp3) is 0.257. The van der Waals surface area contributed by atoms with Gasteiger partial charge in [-0.1, -0.05) is 0 Å². The number of carboxylic acids is 1. The van der Waals surface area contributed by atoms with Gasteiger partial charge in [0.1, 0.15) is 28.0 Å². The Bertz CT molecular complexity index is 2240. The second-order valence-electron chi connectivity index (χ2n) is 11.0. The molecule has 4 aromatic heterocycles. The Morgan fingerprint density at radius 3 is 1.60 bits per heavy atom. The normalized spacial score (nSPS) is 12.5. The van der Waals surface area contributed by atoms with Crippen LogP contribution in [0.1, 0.15) is 60.7 Å². The zero-order chi connectivity index (χ0) is 39.8. The molecule has 1 amide bonds. The molecular weight excluding hydrogens is 721 g/mol. The van der Waals surface area contributed by atoms with E-state index in [1.54, 1.807) is 44.7 Å². The maximum atomic E-state index is 12.0. The number of nitrogens with zero attached hydrogens (tertiary/aromatic N) is 3. The Morgan fingerprint density at radius 1 is 0.709 bits per heavy atom. The Labute approximate surface area is 324 Å². The van der Waals surface area contributed by atoms with Gasteiger partial charge in [0.15, 0.2) is 5.78 Å². The summed E-state index contributed by atoms with van der Waals surface area (Å²) in [6.07, 6.45) is 6.53. The molecule has 0 saturated heterocycles. The number of Topliss-reactive ketones (excluding diaryl/α,β-unsaturated/α-hetero) is 2. The first-order chi connectivity index (χ1) is 25.0. The summed E-state index contributed by atoms with van der Waals surface area (Å²) in [4.78, 5) is 114. The molecule has 288 valence electrons. The van der Waals surface area contributed by atoms with Crippen molar-refractivity contribution in [2.24, 2.45) is 21.1 Å². The number of carbonyl (C=O) groups is 6. The van der Waals surface area contributed by atoms with Crippen LogP contribution in [-0.2, 0) is 40.2 Å². The average Bonchev–Trinajstić information content (AvgIpc) is 3.13. The Hall–Kier alpha value is -6.42. The second-order valence-corrected chi connectivity index (χ2v) is 11.0. The Kier molecular flexibility index (Phi) is 20.6. The third kappa shape index (κ3) is 14.1. The quantitative estimate of drug-likeness (QED) is 0.104. The summed E-state index contributed by atoms with van der Waals surface area (Å²) in [5, 5.41) is 11.0. The minimum absolute atomic E-state index is 0. The van der Waals surface area contributed by atoms with Crippen molar-refractivity contribution >= 4 is 35.4 Å². The number of H-pyrrole nitrogens is 1. The van der Waals surface area contributed by atoms with E-state index in [1.807, 2.05) is 0 Å². The number of ether oxygens (including phenoxy) is 2. The molecule has 0 bridgehead atoms. The van der Waals surface area contributed by atoms with Gasteiger partial charge in [-0.25, -0.2) is 14.4 Å². The number of esters is 2. The molecule has 0 aromatic carbocycles. The van der Waals surface area contributed by atoms with E-state index >= 15 is 0 Å². The average molecular weight is 760 g/mol. The van der Waals surface area contributed by atoms with Crippen LogP contribution in [0.25, 0.3) is 0 Å². The number of amides is 1. The van der Waals surface area contributed by atoms with Gasteiger partial charge in [0, 0.05) is 52.4 Å². The summed E-state index contributed by atoms with van der Waals surface area (Å²) in [6.45, 7) is 0. The maximum absolute atomic E-state index is 12.0. The molecule has 1 fully saturated rings. The van der Waals surface area contributed by atoms with E-state index in [9.17, 15) is 47.9 Å². The number of aryl methyl sites for hydroxylation is 3. The molecule has 1 aliphatic rings. The number of methoxy groups -OCH3 is 2. The summed E-state index contributed by atoms with van der Waals surface area (Å²) in [5.41, 5.74) is -1.80. The summed E-state index contributed by atoms with van der Waals surface area (Å²) in [6, 6.07) is 11.2. The topological polar surface area (TPSA) is 282 Å². The van der Waals surface area contributed by atoms with Gasteiger partial charge in [-0.05, 0) is 55.0 Å². The van der Waals surface area contributed by atoms with Crippen molar-refractivity contribution in [3.05, 3.63) is 137 Å². The van der Waals surface area contributed by atoms with Gasteiger partial charge < -0.3 is 44.1 Å². The fourth-order valence-corrected chi connectivity index (χ4v) is 4.35. The largest absolute Gasteiger partial charge is 1.00 e. The Morgan fingerprint density at radius 2 is 1.15 bits per heavy atom. The molecule has 1 atom stereocenters. The number of hydrogen-bond acceptors (Lipinski definition) is 13. The summed E-state index contributed by atoms with van der Waals surface area (Å²) in [5.74, 6) is -3.38. The van der Waals surface area contributed by atoms with Gasteiger partial charge in [-0.2, -0.15) is 0 Å². The van der Waals surface area contributed by atoms with E-state index < -0.39 is 46.5 Å². The van der Waals surface area contributed by atoms with Crippen LogP contribution in [0.4, 0.5) is 0 Å². The third-order valence-electron chi connectivity index (χ3n) is 7.25. The zero-order valence-electron chi connectivity index (χ0n) is 30.8. The van der Waals surface area contributed by atoms with Crippen molar-refractivity contribution in [2.45, 2.75) is 25.3 Å². The first kappa shape index (κ1) is 48.6. The number of aromatic nitrogens is 4. The van der Waals surface area contributed by atoms with Crippen molar-refractivity contribution in [1.82, 2.24) is 24.0 Å². The van der Waals surface area contributed by atoms with Crippen LogP contribution >= 0.6 is 0 Å². The number of ketones is 2. The molecule has 0 radical (unpaired) electrons. The number of pyridine rings is 4. The van der Waals surface area contributed by atoms with Crippen molar-refractivity contribution < 1.29 is 67.7 Å². The molecular formula is C35H38LiN5O14. The zero-order valence-corrected chi connectivity index (χ0v) is 30.8. The van der Waals surface area contributed by atoms with E-state index in [1.165, 1.54) is 77.7 Å². The molecule has 1 saturated carbocycles. The molecule has 20 heteroatoms. The van der Waals surface area contributed by atoms with Crippen molar-refractivity contribution in [3.8, 4) is 0 Å². The van der Waals surface area contributed by atoms with Crippen LogP contribution < -0.4 is 46.4 Å². The molecule has 4 N–H and O–H groups in total. The third-order valence-corrected chi connectivity index (χ3v) is 7.25. The predicted molar refractivity (Wildman–Crippen MR) is 189 cm³/mol. The van der Waals surface area contributed by atoms with Crippen molar-refractivity contribution in [1.29, 1.82) is 0 Å². The first-order valence-electron chi connectivity index (χ1n) is 15.4. The number of carboxylic acid groups (broad SMARTS) is 1. The van der Waals surface area contributed by atoms with Crippen LogP contribution in [-0.4, -0.2) is 84.9 Å². The smallest absolute Gasteiger partial charge is 0.870 e. The van der Waals surface area contributed by atoms with Gasteiger partial charge in [0.05, 0.1) is 26.7 Å². The van der Waals surface area contributed by atoms with Crippen LogP contribution in [0.5, 0.6) is 0 Å². The molecule has 1 aliphatic carbocycles. The number of carbonyl (C=O) groups excluding carboxylic acids is 5. The monoisotopic (exact) mass is 759 g/mol.